The van der Waals surface area contributed by atoms with Crippen molar-refractivity contribution in [3.8, 4) is 5.75 Å². The highest BCUT2D eigenvalue weighted by Crippen LogP contribution is 2.35. The summed E-state index contributed by atoms with van der Waals surface area (Å²) >= 11 is 0. The molecular formula is C28H39N3O4. The van der Waals surface area contributed by atoms with Crippen molar-refractivity contribution < 1.29 is 19.1 Å². The molecule has 0 fully saturated rings. The maximum Gasteiger partial charge on any atom is 0.276 e. The molecule has 0 unspecified atom stereocenters. The highest BCUT2D eigenvalue weighted by molar-refractivity contribution is 5.96. The second-order valence-corrected chi connectivity index (χ2v) is 11.2. The first kappa shape index (κ1) is 27.9. The summed E-state index contributed by atoms with van der Waals surface area (Å²) in [5, 5.41) is 2.79. The molecule has 0 aliphatic rings. The van der Waals surface area contributed by atoms with Crippen LogP contribution < -0.4 is 20.9 Å². The van der Waals surface area contributed by atoms with Crippen LogP contribution in [0.15, 0.2) is 42.5 Å². The van der Waals surface area contributed by atoms with Crippen molar-refractivity contribution in [1.82, 2.24) is 10.9 Å². The van der Waals surface area contributed by atoms with Crippen LogP contribution in [-0.2, 0) is 20.4 Å². The number of hydrogen-bond donors (Lipinski definition) is 3. The first-order chi connectivity index (χ1) is 16.2. The molecule has 0 aromatic heterocycles. The minimum absolute atomic E-state index is 0.00192. The van der Waals surface area contributed by atoms with Gasteiger partial charge < -0.3 is 10.1 Å². The fourth-order valence-corrected chi connectivity index (χ4v) is 3.37. The van der Waals surface area contributed by atoms with E-state index >= 15 is 0 Å². The Morgan fingerprint density at radius 3 is 2.00 bits per heavy atom. The Bertz CT molecular complexity index is 1050. The van der Waals surface area contributed by atoms with Crippen molar-refractivity contribution in [1.29, 1.82) is 0 Å². The molecule has 0 spiro atoms. The zero-order valence-electron chi connectivity index (χ0n) is 22.2. The molecule has 190 valence electrons. The Morgan fingerprint density at radius 1 is 0.829 bits per heavy atom. The third-order valence-corrected chi connectivity index (χ3v) is 5.35. The van der Waals surface area contributed by atoms with E-state index in [0.29, 0.717) is 23.4 Å². The Kier molecular flexibility index (Phi) is 9.07. The van der Waals surface area contributed by atoms with Crippen molar-refractivity contribution >= 4 is 23.4 Å². The molecule has 2 rings (SSSR count). The van der Waals surface area contributed by atoms with Crippen LogP contribution in [0.5, 0.6) is 5.75 Å². The fraction of sp³-hybridized carbons (Fsp3) is 0.464. The Balaban J connectivity index is 1.92. The highest BCUT2D eigenvalue weighted by Gasteiger charge is 2.23. The monoisotopic (exact) mass is 481 g/mol. The molecule has 0 heterocycles. The maximum absolute atomic E-state index is 12.4. The molecule has 3 amide bonds. The van der Waals surface area contributed by atoms with Crippen molar-refractivity contribution in [2.75, 3.05) is 11.9 Å². The van der Waals surface area contributed by atoms with Gasteiger partial charge in [0.2, 0.25) is 5.91 Å². The number of rotatable bonds is 7. The lowest BCUT2D eigenvalue weighted by molar-refractivity contribution is -0.123. The van der Waals surface area contributed by atoms with Gasteiger partial charge in [0.05, 0.1) is 0 Å². The summed E-state index contributed by atoms with van der Waals surface area (Å²) in [5.41, 5.74) is 7.77. The van der Waals surface area contributed by atoms with Crippen molar-refractivity contribution in [3.63, 3.8) is 0 Å². The lowest BCUT2D eigenvalue weighted by Crippen LogP contribution is -2.43. The topological polar surface area (TPSA) is 96.5 Å². The second kappa shape index (κ2) is 11.4. The van der Waals surface area contributed by atoms with E-state index in [9.17, 15) is 14.4 Å². The van der Waals surface area contributed by atoms with Gasteiger partial charge in [-0.05, 0) is 58.2 Å². The van der Waals surface area contributed by atoms with Gasteiger partial charge in [0.25, 0.3) is 11.8 Å². The van der Waals surface area contributed by atoms with Gasteiger partial charge in [0, 0.05) is 17.7 Å². The predicted octanol–water partition coefficient (Wildman–Crippen LogP) is 5.11. The van der Waals surface area contributed by atoms with Crippen LogP contribution in [0.4, 0.5) is 5.69 Å². The first-order valence-electron chi connectivity index (χ1n) is 11.9. The summed E-state index contributed by atoms with van der Waals surface area (Å²) in [6, 6.07) is 12.5. The minimum atomic E-state index is -0.476. The zero-order chi connectivity index (χ0) is 26.4. The molecule has 2 aromatic carbocycles. The molecular weight excluding hydrogens is 442 g/mol. The second-order valence-electron chi connectivity index (χ2n) is 11.2. The van der Waals surface area contributed by atoms with Gasteiger partial charge in [0.15, 0.2) is 6.61 Å². The normalized spacial score (nSPS) is 11.7. The number of nitrogens with one attached hydrogen (secondary N) is 3. The average Bonchev–Trinajstić information content (AvgIpc) is 2.74. The molecule has 0 bridgehead atoms. The van der Waals surface area contributed by atoms with Gasteiger partial charge in [-0.15, -0.1) is 0 Å². The number of carbonyl (C=O) groups excluding carboxylic acids is 3. The molecule has 0 atom stereocenters. The number of hydrogen-bond acceptors (Lipinski definition) is 4. The van der Waals surface area contributed by atoms with Crippen molar-refractivity contribution in [3.05, 3.63) is 59.2 Å². The highest BCUT2D eigenvalue weighted by atomic mass is 16.5. The van der Waals surface area contributed by atoms with E-state index in [4.69, 9.17) is 4.74 Å². The van der Waals surface area contributed by atoms with Crippen LogP contribution in [0, 0.1) is 5.92 Å². The third-order valence-electron chi connectivity index (χ3n) is 5.35. The van der Waals surface area contributed by atoms with E-state index in [1.54, 1.807) is 24.3 Å². The molecule has 35 heavy (non-hydrogen) atoms. The molecule has 0 aliphatic carbocycles. The lowest BCUT2D eigenvalue weighted by Gasteiger charge is -2.27. The minimum Gasteiger partial charge on any atom is -0.483 e. The lowest BCUT2D eigenvalue weighted by atomic mass is 9.80. The number of hydrazine groups is 1. The molecule has 0 saturated heterocycles. The van der Waals surface area contributed by atoms with Gasteiger partial charge in [0.1, 0.15) is 5.75 Å². The molecule has 3 N–H and O–H groups in total. The SMILES string of the molecule is CC(C)CC(=O)Nc1ccc(C(=O)NNC(=O)COc2ccc(C(C)(C)C)cc2C(C)(C)C)cc1. The Morgan fingerprint density at radius 2 is 1.46 bits per heavy atom. The van der Waals surface area contributed by atoms with Gasteiger partial charge in [-0.2, -0.15) is 0 Å². The molecule has 0 aliphatic heterocycles. The van der Waals surface area contributed by atoms with E-state index in [1.165, 1.54) is 5.56 Å². The summed E-state index contributed by atoms with van der Waals surface area (Å²) in [6.07, 6.45) is 0.425. The van der Waals surface area contributed by atoms with E-state index in [2.05, 4.69) is 63.8 Å². The van der Waals surface area contributed by atoms with E-state index in [-0.39, 0.29) is 29.3 Å². The first-order valence-corrected chi connectivity index (χ1v) is 11.9. The maximum atomic E-state index is 12.4. The third kappa shape index (κ3) is 8.74. The van der Waals surface area contributed by atoms with Gasteiger partial charge in [-0.25, -0.2) is 0 Å². The van der Waals surface area contributed by atoms with E-state index in [1.807, 2.05) is 26.0 Å². The largest absolute Gasteiger partial charge is 0.483 e. The molecule has 2 aromatic rings. The van der Waals surface area contributed by atoms with Crippen LogP contribution in [0.1, 0.15) is 83.3 Å². The number of carbonyl (C=O) groups is 3. The standard InChI is InChI=1S/C28H39N3O4/c1-18(2)15-24(32)29-21-12-9-19(10-13-21)26(34)31-30-25(33)17-35-23-14-11-20(27(3,4)5)16-22(23)28(6,7)8/h9-14,16,18H,15,17H2,1-8H3,(H,29,32)(H,30,33)(H,31,34). The van der Waals surface area contributed by atoms with Crippen LogP contribution >= 0.6 is 0 Å². The zero-order valence-corrected chi connectivity index (χ0v) is 22.2. The van der Waals surface area contributed by atoms with Crippen molar-refractivity contribution in [2.45, 2.75) is 72.6 Å². The Labute approximate surface area is 209 Å². The molecule has 0 saturated carbocycles. The van der Waals surface area contributed by atoms with Gasteiger partial charge in [-0.3, -0.25) is 25.2 Å². The average molecular weight is 482 g/mol. The van der Waals surface area contributed by atoms with E-state index < -0.39 is 11.8 Å². The van der Waals surface area contributed by atoms with Crippen molar-refractivity contribution in [2.24, 2.45) is 5.92 Å². The van der Waals surface area contributed by atoms with Crippen LogP contribution in [0.2, 0.25) is 0 Å². The summed E-state index contributed by atoms with van der Waals surface area (Å²) in [5.74, 6) is -0.122. The number of ether oxygens (including phenoxy) is 1. The molecule has 7 heteroatoms. The summed E-state index contributed by atoms with van der Waals surface area (Å²) in [4.78, 5) is 36.5. The van der Waals surface area contributed by atoms with Crippen LogP contribution in [-0.4, -0.2) is 24.3 Å². The summed E-state index contributed by atoms with van der Waals surface area (Å²) in [6.45, 7) is 16.5. The molecule has 7 nitrogen and oxygen atoms in total. The quantitative estimate of drug-likeness (QED) is 0.479. The van der Waals surface area contributed by atoms with E-state index in [0.717, 1.165) is 5.56 Å². The fourth-order valence-electron chi connectivity index (χ4n) is 3.37. The number of amides is 3. The smallest absolute Gasteiger partial charge is 0.276 e. The Hall–Kier alpha value is -3.35. The predicted molar refractivity (Wildman–Crippen MR) is 139 cm³/mol. The van der Waals surface area contributed by atoms with Gasteiger partial charge in [-0.1, -0.05) is 67.5 Å². The molecule has 0 radical (unpaired) electrons. The van der Waals surface area contributed by atoms with Crippen LogP contribution in [0.3, 0.4) is 0 Å². The number of benzene rings is 2. The summed E-state index contributed by atoms with van der Waals surface area (Å²) in [7, 11) is 0. The number of anilines is 1. The summed E-state index contributed by atoms with van der Waals surface area (Å²) < 4.78 is 5.81. The van der Waals surface area contributed by atoms with Crippen LogP contribution in [0.25, 0.3) is 0 Å². The van der Waals surface area contributed by atoms with Gasteiger partial charge >= 0.3 is 0 Å².